The third kappa shape index (κ3) is 4.17. The Kier molecular flexibility index (Phi) is 5.49. The maximum Gasteiger partial charge on any atom is 0.325 e. The Balaban J connectivity index is 2.00. The minimum absolute atomic E-state index is 0.0352. The van der Waals surface area contributed by atoms with Crippen molar-refractivity contribution in [2.75, 3.05) is 7.11 Å². The lowest BCUT2D eigenvalue weighted by Gasteiger charge is -2.03. The summed E-state index contributed by atoms with van der Waals surface area (Å²) in [6.45, 7) is -0.0687. The number of thiazole rings is 1. The number of carbonyl (C=O) groups excluding carboxylic acids is 2. The lowest BCUT2D eigenvalue weighted by Crippen LogP contribution is -2.22. The second-order valence-electron chi connectivity index (χ2n) is 5.47. The molecule has 3 aromatic rings. The first-order valence-corrected chi connectivity index (χ1v) is 8.83. The molecule has 3 rings (SSSR count). The van der Waals surface area contributed by atoms with E-state index in [4.69, 9.17) is 16.3 Å². The largest absolute Gasteiger partial charge is 0.468 e. The maximum atomic E-state index is 13.0. The van der Waals surface area contributed by atoms with E-state index >= 15 is 0 Å². The van der Waals surface area contributed by atoms with E-state index in [1.54, 1.807) is 22.8 Å². The Hall–Kier alpha value is -2.51. The smallest absolute Gasteiger partial charge is 0.325 e. The zero-order valence-corrected chi connectivity index (χ0v) is 15.3. The van der Waals surface area contributed by atoms with Crippen molar-refractivity contribution in [2.45, 2.75) is 13.0 Å². The SMILES string of the molecule is COC(=O)Cn1c(=NC(=O)Cc2ccc(F)cc2)sc2cc(Cl)ccc21. The fourth-order valence-corrected chi connectivity index (χ4v) is 3.72. The first kappa shape index (κ1) is 18.3. The van der Waals surface area contributed by atoms with Gasteiger partial charge in [0.1, 0.15) is 12.4 Å². The Bertz CT molecular complexity index is 1040. The van der Waals surface area contributed by atoms with Crippen molar-refractivity contribution in [3.05, 3.63) is 63.7 Å². The zero-order valence-electron chi connectivity index (χ0n) is 13.7. The summed E-state index contributed by atoms with van der Waals surface area (Å²) in [4.78, 5) is 28.5. The van der Waals surface area contributed by atoms with Crippen LogP contribution in [0, 0.1) is 5.82 Å². The first-order chi connectivity index (χ1) is 12.5. The second-order valence-corrected chi connectivity index (χ2v) is 6.91. The lowest BCUT2D eigenvalue weighted by molar-refractivity contribution is -0.141. The number of nitrogens with zero attached hydrogens (tertiary/aromatic N) is 2. The summed E-state index contributed by atoms with van der Waals surface area (Å²) >= 11 is 7.27. The highest BCUT2D eigenvalue weighted by molar-refractivity contribution is 7.16. The summed E-state index contributed by atoms with van der Waals surface area (Å²) in [5, 5.41) is 0.549. The van der Waals surface area contributed by atoms with Gasteiger partial charge in [0.15, 0.2) is 4.80 Å². The number of fused-ring (bicyclic) bond motifs is 1. The first-order valence-electron chi connectivity index (χ1n) is 7.64. The quantitative estimate of drug-likeness (QED) is 0.640. The van der Waals surface area contributed by atoms with Crippen molar-refractivity contribution in [2.24, 2.45) is 4.99 Å². The van der Waals surface area contributed by atoms with Crippen molar-refractivity contribution < 1.29 is 18.7 Å². The van der Waals surface area contributed by atoms with E-state index in [0.29, 0.717) is 15.4 Å². The fraction of sp³-hybridized carbons (Fsp3) is 0.167. The Morgan fingerprint density at radius 3 is 2.65 bits per heavy atom. The highest BCUT2D eigenvalue weighted by Crippen LogP contribution is 2.22. The van der Waals surface area contributed by atoms with Crippen LogP contribution in [0.15, 0.2) is 47.5 Å². The van der Waals surface area contributed by atoms with Gasteiger partial charge < -0.3 is 9.30 Å². The van der Waals surface area contributed by atoms with E-state index in [-0.39, 0.29) is 18.8 Å². The number of benzene rings is 2. The van der Waals surface area contributed by atoms with Crippen LogP contribution >= 0.6 is 22.9 Å². The van der Waals surface area contributed by atoms with Crippen molar-refractivity contribution in [1.29, 1.82) is 0 Å². The molecule has 0 unspecified atom stereocenters. The van der Waals surface area contributed by atoms with Crippen molar-refractivity contribution in [3.8, 4) is 0 Å². The second kappa shape index (κ2) is 7.80. The molecule has 0 fully saturated rings. The van der Waals surface area contributed by atoms with E-state index in [9.17, 15) is 14.0 Å². The lowest BCUT2D eigenvalue weighted by atomic mass is 10.1. The molecule has 2 aromatic carbocycles. The molecular formula is C18H14ClFN2O3S. The molecule has 1 amide bonds. The van der Waals surface area contributed by atoms with Gasteiger partial charge in [-0.05, 0) is 35.9 Å². The molecule has 0 atom stereocenters. The van der Waals surface area contributed by atoms with Gasteiger partial charge in [-0.3, -0.25) is 9.59 Å². The molecule has 26 heavy (non-hydrogen) atoms. The number of rotatable bonds is 4. The molecule has 5 nitrogen and oxygen atoms in total. The summed E-state index contributed by atoms with van der Waals surface area (Å²) in [5.41, 5.74) is 1.39. The van der Waals surface area contributed by atoms with Gasteiger partial charge in [-0.25, -0.2) is 4.39 Å². The average Bonchev–Trinajstić information content (AvgIpc) is 2.93. The highest BCUT2D eigenvalue weighted by atomic mass is 35.5. The summed E-state index contributed by atoms with van der Waals surface area (Å²) < 4.78 is 20.1. The predicted octanol–water partition coefficient (Wildman–Crippen LogP) is 3.34. The number of methoxy groups -OCH3 is 1. The maximum absolute atomic E-state index is 13.0. The molecule has 0 radical (unpaired) electrons. The van der Waals surface area contributed by atoms with Gasteiger partial charge in [-0.15, -0.1) is 0 Å². The molecule has 0 spiro atoms. The van der Waals surface area contributed by atoms with E-state index in [1.165, 1.54) is 42.7 Å². The normalized spacial score (nSPS) is 11.7. The molecule has 0 aliphatic carbocycles. The van der Waals surface area contributed by atoms with E-state index in [0.717, 1.165) is 10.2 Å². The fourth-order valence-electron chi connectivity index (χ4n) is 2.40. The van der Waals surface area contributed by atoms with Crippen LogP contribution in [0.5, 0.6) is 0 Å². The van der Waals surface area contributed by atoms with Crippen LogP contribution < -0.4 is 4.80 Å². The van der Waals surface area contributed by atoms with Crippen molar-refractivity contribution in [3.63, 3.8) is 0 Å². The van der Waals surface area contributed by atoms with Crippen LogP contribution in [0.3, 0.4) is 0 Å². The topological polar surface area (TPSA) is 60.7 Å². The van der Waals surface area contributed by atoms with E-state index in [2.05, 4.69) is 4.99 Å². The molecule has 134 valence electrons. The number of amides is 1. The number of halogens is 2. The third-order valence-electron chi connectivity index (χ3n) is 3.65. The molecule has 0 saturated heterocycles. The van der Waals surface area contributed by atoms with E-state index < -0.39 is 11.9 Å². The Labute approximate surface area is 157 Å². The minimum atomic E-state index is -0.452. The van der Waals surface area contributed by atoms with Gasteiger partial charge in [0.25, 0.3) is 5.91 Å². The van der Waals surface area contributed by atoms with Crippen LogP contribution in [0.25, 0.3) is 10.2 Å². The number of carbonyl (C=O) groups is 2. The van der Waals surface area contributed by atoms with Crippen LogP contribution in [0.2, 0.25) is 5.02 Å². The van der Waals surface area contributed by atoms with Crippen LogP contribution in [-0.4, -0.2) is 23.6 Å². The Morgan fingerprint density at radius 2 is 1.96 bits per heavy atom. The van der Waals surface area contributed by atoms with Gasteiger partial charge in [0.05, 0.1) is 23.7 Å². The number of hydrogen-bond donors (Lipinski definition) is 0. The van der Waals surface area contributed by atoms with Crippen LogP contribution in [0.4, 0.5) is 4.39 Å². The predicted molar refractivity (Wildman–Crippen MR) is 97.5 cm³/mol. The van der Waals surface area contributed by atoms with Gasteiger partial charge in [-0.2, -0.15) is 4.99 Å². The van der Waals surface area contributed by atoms with E-state index in [1.807, 2.05) is 0 Å². The summed E-state index contributed by atoms with van der Waals surface area (Å²) in [7, 11) is 1.30. The highest BCUT2D eigenvalue weighted by Gasteiger charge is 2.12. The van der Waals surface area contributed by atoms with Crippen molar-refractivity contribution in [1.82, 2.24) is 4.57 Å². The number of aromatic nitrogens is 1. The van der Waals surface area contributed by atoms with Gasteiger partial charge in [0, 0.05) is 5.02 Å². The van der Waals surface area contributed by atoms with Gasteiger partial charge >= 0.3 is 5.97 Å². The molecule has 0 bridgehead atoms. The standard InChI is InChI=1S/C18H14ClFN2O3S/c1-25-17(24)10-22-14-7-4-12(19)9-15(14)26-18(22)21-16(23)8-11-2-5-13(20)6-3-11/h2-7,9H,8,10H2,1H3. The van der Waals surface area contributed by atoms with Gasteiger partial charge in [-0.1, -0.05) is 35.1 Å². The number of esters is 1. The minimum Gasteiger partial charge on any atom is -0.468 e. The third-order valence-corrected chi connectivity index (χ3v) is 4.92. The number of hydrogen-bond acceptors (Lipinski definition) is 4. The molecule has 1 aromatic heterocycles. The van der Waals surface area contributed by atoms with Crippen molar-refractivity contribution >= 4 is 45.0 Å². The zero-order chi connectivity index (χ0) is 18.7. The molecule has 1 heterocycles. The number of ether oxygens (including phenoxy) is 1. The Morgan fingerprint density at radius 1 is 1.23 bits per heavy atom. The van der Waals surface area contributed by atoms with Crippen LogP contribution in [-0.2, 0) is 27.3 Å². The summed E-state index contributed by atoms with van der Waals surface area (Å²) in [6.07, 6.45) is 0.0352. The molecular weight excluding hydrogens is 379 g/mol. The molecule has 0 saturated carbocycles. The molecule has 0 aliphatic rings. The molecule has 0 N–H and O–H groups in total. The molecule has 0 aliphatic heterocycles. The molecule has 8 heteroatoms. The van der Waals surface area contributed by atoms with Crippen LogP contribution in [0.1, 0.15) is 5.56 Å². The average molecular weight is 393 g/mol. The van der Waals surface area contributed by atoms with Gasteiger partial charge in [0.2, 0.25) is 0 Å². The summed E-state index contributed by atoms with van der Waals surface area (Å²) in [6, 6.07) is 10.9. The monoisotopic (exact) mass is 392 g/mol. The summed E-state index contributed by atoms with van der Waals surface area (Å²) in [5.74, 6) is -1.21.